The van der Waals surface area contributed by atoms with Gasteiger partial charge in [-0.25, -0.2) is 0 Å². The molecule has 0 saturated heterocycles. The standard InChI is InChI=1S/C18H20N2O/c1-13-8-9-18(17(10-13)14(2)20-3)21-12-16-7-5-4-6-15(16)11-19/h4-10,14,20H,12H2,1-3H3. The third-order valence-corrected chi connectivity index (χ3v) is 3.59. The van der Waals surface area contributed by atoms with E-state index in [1.807, 2.05) is 43.4 Å². The van der Waals surface area contributed by atoms with Gasteiger partial charge in [0.1, 0.15) is 12.4 Å². The van der Waals surface area contributed by atoms with Crippen LogP contribution in [0.15, 0.2) is 42.5 Å². The SMILES string of the molecule is CNC(C)c1cc(C)ccc1OCc1ccccc1C#N. The Kier molecular flexibility index (Phi) is 4.97. The second kappa shape index (κ2) is 6.92. The first-order valence-electron chi connectivity index (χ1n) is 7.04. The number of hydrogen-bond donors (Lipinski definition) is 1. The molecule has 1 atom stereocenters. The molecule has 3 heteroatoms. The molecule has 108 valence electrons. The van der Waals surface area contributed by atoms with Gasteiger partial charge in [-0.2, -0.15) is 5.26 Å². The highest BCUT2D eigenvalue weighted by molar-refractivity contribution is 5.40. The van der Waals surface area contributed by atoms with Crippen LogP contribution in [0.3, 0.4) is 0 Å². The number of nitrogens with one attached hydrogen (secondary N) is 1. The van der Waals surface area contributed by atoms with Crippen LogP contribution in [0.2, 0.25) is 0 Å². The summed E-state index contributed by atoms with van der Waals surface area (Å²) in [6.07, 6.45) is 0. The van der Waals surface area contributed by atoms with Crippen LogP contribution in [-0.2, 0) is 6.61 Å². The molecule has 0 saturated carbocycles. The lowest BCUT2D eigenvalue weighted by molar-refractivity contribution is 0.300. The summed E-state index contributed by atoms with van der Waals surface area (Å²) in [7, 11) is 1.93. The lowest BCUT2D eigenvalue weighted by atomic mass is 10.0. The van der Waals surface area contributed by atoms with Crippen molar-refractivity contribution in [2.75, 3.05) is 7.05 Å². The first-order valence-corrected chi connectivity index (χ1v) is 7.04. The first kappa shape index (κ1) is 15.1. The van der Waals surface area contributed by atoms with Gasteiger partial charge >= 0.3 is 0 Å². The van der Waals surface area contributed by atoms with Gasteiger partial charge in [0, 0.05) is 17.2 Å². The van der Waals surface area contributed by atoms with Crippen LogP contribution in [0.4, 0.5) is 0 Å². The summed E-state index contributed by atoms with van der Waals surface area (Å²) in [5.74, 6) is 0.857. The van der Waals surface area contributed by atoms with Gasteiger partial charge in [-0.3, -0.25) is 0 Å². The Morgan fingerprint density at radius 1 is 1.24 bits per heavy atom. The highest BCUT2D eigenvalue weighted by atomic mass is 16.5. The lowest BCUT2D eigenvalue weighted by Crippen LogP contribution is -2.14. The highest BCUT2D eigenvalue weighted by Crippen LogP contribution is 2.27. The maximum atomic E-state index is 9.12. The molecule has 0 aromatic heterocycles. The molecule has 0 aliphatic carbocycles. The van der Waals surface area contributed by atoms with Gasteiger partial charge in [0.05, 0.1) is 11.6 Å². The second-order valence-corrected chi connectivity index (χ2v) is 5.11. The number of benzene rings is 2. The van der Waals surface area contributed by atoms with Gasteiger partial charge in [-0.15, -0.1) is 0 Å². The quantitative estimate of drug-likeness (QED) is 0.907. The van der Waals surface area contributed by atoms with Gasteiger partial charge in [-0.1, -0.05) is 35.9 Å². The molecule has 2 aromatic carbocycles. The Morgan fingerprint density at radius 2 is 2.00 bits per heavy atom. The monoisotopic (exact) mass is 280 g/mol. The van der Waals surface area contributed by atoms with E-state index in [1.165, 1.54) is 5.56 Å². The van der Waals surface area contributed by atoms with Crippen LogP contribution in [0.25, 0.3) is 0 Å². The molecule has 2 rings (SSSR count). The summed E-state index contributed by atoms with van der Waals surface area (Å²) in [5.41, 5.74) is 3.90. The molecule has 2 aromatic rings. The number of nitriles is 1. The molecule has 0 spiro atoms. The molecule has 0 aliphatic rings. The van der Waals surface area contributed by atoms with Crippen molar-refractivity contribution < 1.29 is 4.74 Å². The topological polar surface area (TPSA) is 45.0 Å². The fourth-order valence-corrected chi connectivity index (χ4v) is 2.20. The molecular weight excluding hydrogens is 260 g/mol. The third kappa shape index (κ3) is 3.62. The zero-order chi connectivity index (χ0) is 15.2. The molecule has 0 amide bonds. The minimum Gasteiger partial charge on any atom is -0.489 e. The first-order chi connectivity index (χ1) is 10.2. The molecule has 1 unspecified atom stereocenters. The Labute approximate surface area is 126 Å². The molecular formula is C18H20N2O. The largest absolute Gasteiger partial charge is 0.489 e. The molecule has 3 nitrogen and oxygen atoms in total. The van der Waals surface area contributed by atoms with Crippen LogP contribution < -0.4 is 10.1 Å². The van der Waals surface area contributed by atoms with Crippen molar-refractivity contribution in [2.45, 2.75) is 26.5 Å². The van der Waals surface area contributed by atoms with Gasteiger partial charge in [0.15, 0.2) is 0 Å². The van der Waals surface area contributed by atoms with Crippen molar-refractivity contribution in [1.29, 1.82) is 5.26 Å². The van der Waals surface area contributed by atoms with Crippen molar-refractivity contribution >= 4 is 0 Å². The van der Waals surface area contributed by atoms with Crippen molar-refractivity contribution in [3.05, 3.63) is 64.7 Å². The van der Waals surface area contributed by atoms with E-state index in [9.17, 15) is 0 Å². The van der Waals surface area contributed by atoms with E-state index in [-0.39, 0.29) is 6.04 Å². The number of hydrogen-bond acceptors (Lipinski definition) is 3. The Morgan fingerprint density at radius 3 is 2.71 bits per heavy atom. The number of aryl methyl sites for hydroxylation is 1. The number of ether oxygens (including phenoxy) is 1. The van der Waals surface area contributed by atoms with Crippen LogP contribution in [0.5, 0.6) is 5.75 Å². The molecule has 0 aliphatic heterocycles. The van der Waals surface area contributed by atoms with Crippen LogP contribution in [0, 0.1) is 18.3 Å². The maximum absolute atomic E-state index is 9.12. The van der Waals surface area contributed by atoms with E-state index in [0.717, 1.165) is 16.9 Å². The van der Waals surface area contributed by atoms with E-state index in [4.69, 9.17) is 10.00 Å². The van der Waals surface area contributed by atoms with Crippen LogP contribution >= 0.6 is 0 Å². The highest BCUT2D eigenvalue weighted by Gasteiger charge is 2.11. The molecule has 0 fully saturated rings. The number of rotatable bonds is 5. The Balaban J connectivity index is 2.22. The van der Waals surface area contributed by atoms with E-state index in [1.54, 1.807) is 0 Å². The molecule has 0 radical (unpaired) electrons. The number of nitrogens with zero attached hydrogens (tertiary/aromatic N) is 1. The summed E-state index contributed by atoms with van der Waals surface area (Å²) in [4.78, 5) is 0. The zero-order valence-corrected chi connectivity index (χ0v) is 12.7. The summed E-state index contributed by atoms with van der Waals surface area (Å²) >= 11 is 0. The minimum atomic E-state index is 0.214. The maximum Gasteiger partial charge on any atom is 0.124 e. The van der Waals surface area contributed by atoms with E-state index < -0.39 is 0 Å². The molecule has 0 bridgehead atoms. The smallest absolute Gasteiger partial charge is 0.124 e. The molecule has 0 heterocycles. The molecule has 1 N–H and O–H groups in total. The average Bonchev–Trinajstić information content (AvgIpc) is 2.53. The molecule has 21 heavy (non-hydrogen) atoms. The van der Waals surface area contributed by atoms with Crippen LogP contribution in [-0.4, -0.2) is 7.05 Å². The zero-order valence-electron chi connectivity index (χ0n) is 12.7. The minimum absolute atomic E-state index is 0.214. The Bertz CT molecular complexity index is 659. The van der Waals surface area contributed by atoms with Gasteiger partial charge in [-0.05, 0) is 33.0 Å². The fraction of sp³-hybridized carbons (Fsp3) is 0.278. The average molecular weight is 280 g/mol. The van der Waals surface area contributed by atoms with E-state index >= 15 is 0 Å². The van der Waals surface area contributed by atoms with E-state index in [2.05, 4.69) is 31.3 Å². The van der Waals surface area contributed by atoms with Crippen molar-refractivity contribution in [3.63, 3.8) is 0 Å². The van der Waals surface area contributed by atoms with E-state index in [0.29, 0.717) is 12.2 Å². The normalized spacial score (nSPS) is 11.7. The third-order valence-electron chi connectivity index (χ3n) is 3.59. The lowest BCUT2D eigenvalue weighted by Gasteiger charge is -2.17. The predicted molar refractivity (Wildman–Crippen MR) is 84.1 cm³/mol. The van der Waals surface area contributed by atoms with Gasteiger partial charge in [0.2, 0.25) is 0 Å². The summed E-state index contributed by atoms with van der Waals surface area (Å²) in [6, 6.07) is 16.1. The second-order valence-electron chi connectivity index (χ2n) is 5.11. The van der Waals surface area contributed by atoms with Gasteiger partial charge in [0.25, 0.3) is 0 Å². The summed E-state index contributed by atoms with van der Waals surface area (Å²) < 4.78 is 5.95. The Hall–Kier alpha value is -2.31. The fourth-order valence-electron chi connectivity index (χ4n) is 2.20. The predicted octanol–water partition coefficient (Wildman–Crippen LogP) is 3.73. The van der Waals surface area contributed by atoms with Crippen molar-refractivity contribution in [3.8, 4) is 11.8 Å². The van der Waals surface area contributed by atoms with Gasteiger partial charge < -0.3 is 10.1 Å². The summed E-state index contributed by atoms with van der Waals surface area (Å²) in [6.45, 7) is 4.57. The summed E-state index contributed by atoms with van der Waals surface area (Å²) in [5, 5.41) is 12.4. The van der Waals surface area contributed by atoms with Crippen molar-refractivity contribution in [1.82, 2.24) is 5.32 Å². The van der Waals surface area contributed by atoms with Crippen LogP contribution in [0.1, 0.15) is 35.2 Å². The van der Waals surface area contributed by atoms with Crippen molar-refractivity contribution in [2.24, 2.45) is 0 Å².